The zero-order valence-corrected chi connectivity index (χ0v) is 7.09. The Bertz CT molecular complexity index is 244. The van der Waals surface area contributed by atoms with Crippen molar-refractivity contribution in [2.45, 2.75) is 25.3 Å². The van der Waals surface area contributed by atoms with Crippen LogP contribution < -0.4 is 0 Å². The van der Waals surface area contributed by atoms with Crippen LogP contribution in [0.15, 0.2) is 12.5 Å². The summed E-state index contributed by atoms with van der Waals surface area (Å²) in [5.74, 6) is 0.712. The van der Waals surface area contributed by atoms with Gasteiger partial charge in [0.25, 0.3) is 0 Å². The van der Waals surface area contributed by atoms with E-state index in [9.17, 15) is 0 Å². The molecular weight excluding hydrogens is 160 g/mol. The molecule has 2 nitrogen and oxygen atoms in total. The largest absolute Gasteiger partial charge is 0.330 e. The molecule has 0 bridgehead atoms. The van der Waals surface area contributed by atoms with Gasteiger partial charge in [-0.05, 0) is 19.3 Å². The molecule has 0 N–H and O–H groups in total. The average Bonchev–Trinajstić information content (AvgIpc) is 2.50. The molecule has 0 unspecified atom stereocenters. The average molecular weight is 171 g/mol. The van der Waals surface area contributed by atoms with Gasteiger partial charge in [-0.25, -0.2) is 4.98 Å². The second-order valence-corrected chi connectivity index (χ2v) is 3.30. The van der Waals surface area contributed by atoms with Crippen LogP contribution in [0.25, 0.3) is 0 Å². The summed E-state index contributed by atoms with van der Waals surface area (Å²) in [6.45, 7) is 0. The van der Waals surface area contributed by atoms with Crippen molar-refractivity contribution in [2.75, 3.05) is 5.88 Å². The summed E-state index contributed by atoms with van der Waals surface area (Å²) in [5.41, 5.74) is 1.34. The summed E-state index contributed by atoms with van der Waals surface area (Å²) in [7, 11) is 0. The van der Waals surface area contributed by atoms with E-state index in [1.165, 1.54) is 18.5 Å². The van der Waals surface area contributed by atoms with Crippen LogP contribution in [-0.2, 0) is 6.42 Å². The van der Waals surface area contributed by atoms with E-state index < -0.39 is 0 Å². The number of aromatic nitrogens is 2. The SMILES string of the molecule is ClC[C@H]1CCCc2cncn21. The van der Waals surface area contributed by atoms with Gasteiger partial charge in [-0.1, -0.05) is 0 Å². The Hall–Kier alpha value is -0.500. The van der Waals surface area contributed by atoms with Gasteiger partial charge in [-0.15, -0.1) is 11.6 Å². The van der Waals surface area contributed by atoms with Gasteiger partial charge in [-0.3, -0.25) is 0 Å². The highest BCUT2D eigenvalue weighted by molar-refractivity contribution is 6.18. The lowest BCUT2D eigenvalue weighted by Gasteiger charge is -2.23. The van der Waals surface area contributed by atoms with Crippen LogP contribution in [0.1, 0.15) is 24.6 Å². The number of fused-ring (bicyclic) bond motifs is 1. The number of aryl methyl sites for hydroxylation is 1. The molecule has 3 heteroatoms. The number of imidazole rings is 1. The third-order valence-corrected chi connectivity index (χ3v) is 2.64. The Kier molecular flexibility index (Phi) is 1.86. The summed E-state index contributed by atoms with van der Waals surface area (Å²) in [4.78, 5) is 4.11. The third kappa shape index (κ3) is 1.16. The Morgan fingerprint density at radius 3 is 3.45 bits per heavy atom. The molecule has 11 heavy (non-hydrogen) atoms. The normalized spacial score (nSPS) is 23.2. The van der Waals surface area contributed by atoms with Gasteiger partial charge >= 0.3 is 0 Å². The summed E-state index contributed by atoms with van der Waals surface area (Å²) in [5, 5.41) is 0. The van der Waals surface area contributed by atoms with Gasteiger partial charge < -0.3 is 4.57 Å². The van der Waals surface area contributed by atoms with E-state index in [0.717, 1.165) is 6.42 Å². The molecule has 1 aliphatic rings. The smallest absolute Gasteiger partial charge is 0.0951 e. The maximum Gasteiger partial charge on any atom is 0.0951 e. The monoisotopic (exact) mass is 170 g/mol. The molecule has 0 amide bonds. The maximum atomic E-state index is 5.82. The van der Waals surface area contributed by atoms with Gasteiger partial charge in [0.2, 0.25) is 0 Å². The number of alkyl halides is 1. The van der Waals surface area contributed by atoms with E-state index in [0.29, 0.717) is 11.9 Å². The lowest BCUT2D eigenvalue weighted by atomic mass is 10.0. The van der Waals surface area contributed by atoms with Crippen LogP contribution >= 0.6 is 11.6 Å². The van der Waals surface area contributed by atoms with Crippen molar-refractivity contribution in [3.05, 3.63) is 18.2 Å². The van der Waals surface area contributed by atoms with Crippen molar-refractivity contribution in [1.82, 2.24) is 9.55 Å². The van der Waals surface area contributed by atoms with Crippen molar-refractivity contribution in [1.29, 1.82) is 0 Å². The second-order valence-electron chi connectivity index (χ2n) is 2.99. The number of halogens is 1. The van der Waals surface area contributed by atoms with Crippen molar-refractivity contribution < 1.29 is 0 Å². The summed E-state index contributed by atoms with van der Waals surface area (Å²) >= 11 is 5.82. The molecule has 0 spiro atoms. The Labute approximate surface area is 71.2 Å². The first-order chi connectivity index (χ1) is 5.42. The van der Waals surface area contributed by atoms with E-state index in [4.69, 9.17) is 11.6 Å². The van der Waals surface area contributed by atoms with Crippen LogP contribution in [0.2, 0.25) is 0 Å². The van der Waals surface area contributed by atoms with Gasteiger partial charge in [0.15, 0.2) is 0 Å². The number of nitrogens with zero attached hydrogens (tertiary/aromatic N) is 2. The van der Waals surface area contributed by atoms with Crippen LogP contribution in [0.3, 0.4) is 0 Å². The molecular formula is C8H11ClN2. The maximum absolute atomic E-state index is 5.82. The van der Waals surface area contributed by atoms with Crippen LogP contribution in [0, 0.1) is 0 Å². The van der Waals surface area contributed by atoms with Crippen LogP contribution in [0.4, 0.5) is 0 Å². The molecule has 0 fully saturated rings. The minimum atomic E-state index is 0.489. The molecule has 1 aliphatic heterocycles. The van der Waals surface area contributed by atoms with Crippen molar-refractivity contribution in [3.63, 3.8) is 0 Å². The fourth-order valence-electron chi connectivity index (χ4n) is 1.66. The second kappa shape index (κ2) is 2.86. The van der Waals surface area contributed by atoms with E-state index in [2.05, 4.69) is 9.55 Å². The van der Waals surface area contributed by atoms with Crippen molar-refractivity contribution in [2.24, 2.45) is 0 Å². The predicted molar refractivity (Wildman–Crippen MR) is 44.9 cm³/mol. The Morgan fingerprint density at radius 1 is 1.73 bits per heavy atom. The predicted octanol–water partition coefficient (Wildman–Crippen LogP) is 2.00. The minimum absolute atomic E-state index is 0.489. The molecule has 2 heterocycles. The van der Waals surface area contributed by atoms with E-state index in [1.54, 1.807) is 0 Å². The van der Waals surface area contributed by atoms with Crippen molar-refractivity contribution >= 4 is 11.6 Å². The van der Waals surface area contributed by atoms with Gasteiger partial charge in [0, 0.05) is 23.8 Å². The van der Waals surface area contributed by atoms with Crippen LogP contribution in [0.5, 0.6) is 0 Å². The Balaban J connectivity index is 2.32. The highest BCUT2D eigenvalue weighted by Crippen LogP contribution is 2.24. The summed E-state index contributed by atoms with van der Waals surface area (Å²) < 4.78 is 2.20. The lowest BCUT2D eigenvalue weighted by Crippen LogP contribution is -2.17. The molecule has 0 aliphatic carbocycles. The zero-order chi connectivity index (χ0) is 7.68. The number of hydrogen-bond acceptors (Lipinski definition) is 1. The van der Waals surface area contributed by atoms with Gasteiger partial charge in [0.05, 0.1) is 6.33 Å². The first-order valence-corrected chi connectivity index (χ1v) is 4.52. The summed E-state index contributed by atoms with van der Waals surface area (Å²) in [6, 6.07) is 0.489. The number of hydrogen-bond donors (Lipinski definition) is 0. The zero-order valence-electron chi connectivity index (χ0n) is 6.33. The van der Waals surface area contributed by atoms with Gasteiger partial charge in [-0.2, -0.15) is 0 Å². The molecule has 60 valence electrons. The number of rotatable bonds is 1. The molecule has 0 saturated carbocycles. The summed E-state index contributed by atoms with van der Waals surface area (Å²) in [6.07, 6.45) is 7.45. The topological polar surface area (TPSA) is 17.8 Å². The van der Waals surface area contributed by atoms with E-state index in [-0.39, 0.29) is 0 Å². The quantitative estimate of drug-likeness (QED) is 0.590. The highest BCUT2D eigenvalue weighted by Gasteiger charge is 2.17. The molecule has 0 radical (unpaired) electrons. The minimum Gasteiger partial charge on any atom is -0.330 e. The molecule has 1 aromatic heterocycles. The van der Waals surface area contributed by atoms with Gasteiger partial charge in [0.1, 0.15) is 0 Å². The first kappa shape index (κ1) is 7.17. The fraction of sp³-hybridized carbons (Fsp3) is 0.625. The lowest BCUT2D eigenvalue weighted by molar-refractivity contribution is 0.436. The first-order valence-electron chi connectivity index (χ1n) is 3.98. The van der Waals surface area contributed by atoms with E-state index >= 15 is 0 Å². The molecule has 1 aromatic rings. The van der Waals surface area contributed by atoms with Crippen molar-refractivity contribution in [3.8, 4) is 0 Å². The molecule has 1 atom stereocenters. The molecule has 0 saturated heterocycles. The van der Waals surface area contributed by atoms with Crippen LogP contribution in [-0.4, -0.2) is 15.4 Å². The highest BCUT2D eigenvalue weighted by atomic mass is 35.5. The Morgan fingerprint density at radius 2 is 2.64 bits per heavy atom. The molecule has 0 aromatic carbocycles. The molecule has 2 rings (SSSR count). The fourth-order valence-corrected chi connectivity index (χ4v) is 1.97. The van der Waals surface area contributed by atoms with E-state index in [1.807, 2.05) is 12.5 Å². The third-order valence-electron chi connectivity index (χ3n) is 2.29. The standard InChI is InChI=1S/C8H11ClN2/c9-4-7-2-1-3-8-5-10-6-11(7)8/h5-7H,1-4H2/t7-/m1/s1.